The first-order valence-corrected chi connectivity index (χ1v) is 10.3. The Hall–Kier alpha value is -1.92. The highest BCUT2D eigenvalue weighted by Crippen LogP contribution is 2.26. The number of rotatable bonds is 5. The predicted molar refractivity (Wildman–Crippen MR) is 112 cm³/mol. The van der Waals surface area contributed by atoms with Gasteiger partial charge in [0, 0.05) is 31.9 Å². The van der Waals surface area contributed by atoms with E-state index >= 15 is 0 Å². The Labute approximate surface area is 168 Å². The summed E-state index contributed by atoms with van der Waals surface area (Å²) in [7, 11) is 8.22. The fraction of sp³-hybridized carbons (Fsp3) is 0.636. The third kappa shape index (κ3) is 5.11. The van der Waals surface area contributed by atoms with Crippen LogP contribution in [-0.4, -0.2) is 80.9 Å². The van der Waals surface area contributed by atoms with E-state index in [1.54, 1.807) is 4.90 Å². The first-order valence-electron chi connectivity index (χ1n) is 10.3. The SMILES string of the molecule is CN(C)C[C@@H]1CN(C(=O)C(=O)Nc2ccc3c(c2)CCCC3)C[C@H]1CN(C)C. The Morgan fingerprint density at radius 3 is 2.11 bits per heavy atom. The number of aryl methyl sites for hydroxylation is 2. The van der Waals surface area contributed by atoms with Gasteiger partial charge < -0.3 is 20.0 Å². The van der Waals surface area contributed by atoms with E-state index in [9.17, 15) is 9.59 Å². The molecule has 1 N–H and O–H groups in total. The number of nitrogens with one attached hydrogen (secondary N) is 1. The van der Waals surface area contributed by atoms with Crippen molar-refractivity contribution in [2.24, 2.45) is 11.8 Å². The van der Waals surface area contributed by atoms with E-state index in [2.05, 4.69) is 49.4 Å². The summed E-state index contributed by atoms with van der Waals surface area (Å²) in [6.07, 6.45) is 4.58. The Morgan fingerprint density at radius 1 is 0.964 bits per heavy atom. The lowest BCUT2D eigenvalue weighted by Crippen LogP contribution is -2.39. The van der Waals surface area contributed by atoms with Gasteiger partial charge in [-0.05, 0) is 89.0 Å². The molecule has 6 nitrogen and oxygen atoms in total. The summed E-state index contributed by atoms with van der Waals surface area (Å²) in [5, 5.41) is 2.83. The Bertz CT molecular complexity index is 698. The normalized spacial score (nSPS) is 21.9. The molecule has 6 heteroatoms. The molecule has 0 bridgehead atoms. The largest absolute Gasteiger partial charge is 0.334 e. The quantitative estimate of drug-likeness (QED) is 0.783. The highest BCUT2D eigenvalue weighted by molar-refractivity contribution is 6.39. The van der Waals surface area contributed by atoms with Crippen LogP contribution in [0.4, 0.5) is 5.69 Å². The molecule has 0 aromatic heterocycles. The van der Waals surface area contributed by atoms with E-state index in [4.69, 9.17) is 0 Å². The number of hydrogen-bond acceptors (Lipinski definition) is 4. The first kappa shape index (κ1) is 20.8. The molecule has 2 aliphatic rings. The molecule has 0 radical (unpaired) electrons. The Balaban J connectivity index is 1.63. The van der Waals surface area contributed by atoms with E-state index in [1.807, 2.05) is 12.1 Å². The van der Waals surface area contributed by atoms with Gasteiger partial charge in [-0.1, -0.05) is 6.07 Å². The van der Waals surface area contributed by atoms with Gasteiger partial charge in [-0.15, -0.1) is 0 Å². The lowest BCUT2D eigenvalue weighted by atomic mass is 9.91. The zero-order chi connectivity index (χ0) is 20.3. The van der Waals surface area contributed by atoms with Crippen molar-refractivity contribution in [2.75, 3.05) is 59.7 Å². The van der Waals surface area contributed by atoms with Crippen LogP contribution in [0.3, 0.4) is 0 Å². The number of carbonyl (C=O) groups excluding carboxylic acids is 2. The number of likely N-dealkylation sites (tertiary alicyclic amines) is 1. The number of hydrogen-bond donors (Lipinski definition) is 1. The number of amides is 2. The first-order chi connectivity index (χ1) is 13.3. The number of nitrogens with zero attached hydrogens (tertiary/aromatic N) is 3. The second-order valence-electron chi connectivity index (χ2n) is 8.90. The molecule has 1 aromatic rings. The standard InChI is InChI=1S/C22H34N4O2/c1-24(2)12-18-14-26(15-19(18)13-25(3)4)22(28)21(27)23-20-10-9-16-7-5-6-8-17(16)11-20/h9-11,18-19H,5-8,12-15H2,1-4H3,(H,23,27)/t18-,19-/m1/s1. The van der Waals surface area contributed by atoms with Crippen molar-refractivity contribution in [2.45, 2.75) is 25.7 Å². The van der Waals surface area contributed by atoms with Crippen LogP contribution in [0.2, 0.25) is 0 Å². The molecular formula is C22H34N4O2. The highest BCUT2D eigenvalue weighted by Gasteiger charge is 2.37. The van der Waals surface area contributed by atoms with Crippen molar-refractivity contribution < 1.29 is 9.59 Å². The molecule has 1 aliphatic carbocycles. The maximum Gasteiger partial charge on any atom is 0.313 e. The number of benzene rings is 1. The zero-order valence-electron chi connectivity index (χ0n) is 17.7. The van der Waals surface area contributed by atoms with Crippen LogP contribution in [0.15, 0.2) is 18.2 Å². The lowest BCUT2D eigenvalue weighted by Gasteiger charge is -2.24. The third-order valence-corrected chi connectivity index (χ3v) is 5.86. The van der Waals surface area contributed by atoms with Gasteiger partial charge in [0.25, 0.3) is 0 Å². The van der Waals surface area contributed by atoms with E-state index < -0.39 is 11.8 Å². The molecule has 28 heavy (non-hydrogen) atoms. The van der Waals surface area contributed by atoms with Crippen molar-refractivity contribution in [3.05, 3.63) is 29.3 Å². The second kappa shape index (κ2) is 9.05. The van der Waals surface area contributed by atoms with Gasteiger partial charge in [0.05, 0.1) is 0 Å². The van der Waals surface area contributed by atoms with Gasteiger partial charge in [0.1, 0.15) is 0 Å². The smallest absolute Gasteiger partial charge is 0.313 e. The molecule has 1 aromatic carbocycles. The van der Waals surface area contributed by atoms with Gasteiger partial charge in [-0.2, -0.15) is 0 Å². The molecule has 0 saturated carbocycles. The van der Waals surface area contributed by atoms with Crippen LogP contribution in [0.25, 0.3) is 0 Å². The highest BCUT2D eigenvalue weighted by atomic mass is 16.2. The van der Waals surface area contributed by atoms with E-state index in [1.165, 1.54) is 24.0 Å². The van der Waals surface area contributed by atoms with Crippen LogP contribution in [0.5, 0.6) is 0 Å². The minimum Gasteiger partial charge on any atom is -0.334 e. The monoisotopic (exact) mass is 386 g/mol. The summed E-state index contributed by atoms with van der Waals surface area (Å²) in [4.78, 5) is 31.4. The van der Waals surface area contributed by atoms with Crippen LogP contribution in [0, 0.1) is 11.8 Å². The molecule has 154 valence electrons. The number of carbonyl (C=O) groups is 2. The molecule has 1 heterocycles. The maximum atomic E-state index is 12.8. The lowest BCUT2D eigenvalue weighted by molar-refractivity contribution is -0.142. The van der Waals surface area contributed by atoms with Crippen LogP contribution in [0.1, 0.15) is 24.0 Å². The fourth-order valence-electron chi connectivity index (χ4n) is 4.60. The minimum absolute atomic E-state index is 0.387. The molecule has 2 amide bonds. The molecular weight excluding hydrogens is 352 g/mol. The van der Waals surface area contributed by atoms with Crippen molar-refractivity contribution in [1.29, 1.82) is 0 Å². The van der Waals surface area contributed by atoms with Gasteiger partial charge in [0.2, 0.25) is 0 Å². The van der Waals surface area contributed by atoms with Crippen LogP contribution < -0.4 is 5.32 Å². The number of anilines is 1. The van der Waals surface area contributed by atoms with Crippen LogP contribution >= 0.6 is 0 Å². The zero-order valence-corrected chi connectivity index (χ0v) is 17.7. The van der Waals surface area contributed by atoms with Crippen molar-refractivity contribution in [1.82, 2.24) is 14.7 Å². The molecule has 0 spiro atoms. The second-order valence-corrected chi connectivity index (χ2v) is 8.90. The van der Waals surface area contributed by atoms with Crippen molar-refractivity contribution in [3.8, 4) is 0 Å². The summed E-state index contributed by atoms with van der Waals surface area (Å²) < 4.78 is 0. The average Bonchev–Trinajstić information content (AvgIpc) is 3.01. The minimum atomic E-state index is -0.523. The Morgan fingerprint density at radius 2 is 1.54 bits per heavy atom. The molecule has 1 fully saturated rings. The van der Waals surface area contributed by atoms with E-state index in [0.29, 0.717) is 24.9 Å². The molecule has 3 rings (SSSR count). The number of fused-ring (bicyclic) bond motifs is 1. The van der Waals surface area contributed by atoms with Crippen molar-refractivity contribution >= 4 is 17.5 Å². The van der Waals surface area contributed by atoms with Gasteiger partial charge >= 0.3 is 11.8 Å². The van der Waals surface area contributed by atoms with E-state index in [-0.39, 0.29) is 0 Å². The Kier molecular flexibility index (Phi) is 6.73. The van der Waals surface area contributed by atoms with E-state index in [0.717, 1.165) is 31.6 Å². The average molecular weight is 387 g/mol. The van der Waals surface area contributed by atoms with Gasteiger partial charge in [0.15, 0.2) is 0 Å². The molecule has 1 aliphatic heterocycles. The third-order valence-electron chi connectivity index (χ3n) is 5.86. The summed E-state index contributed by atoms with van der Waals surface area (Å²) in [5.41, 5.74) is 3.40. The fourth-order valence-corrected chi connectivity index (χ4v) is 4.60. The van der Waals surface area contributed by atoms with Gasteiger partial charge in [-0.25, -0.2) is 0 Å². The maximum absolute atomic E-state index is 12.8. The summed E-state index contributed by atoms with van der Waals surface area (Å²) in [6.45, 7) is 3.14. The predicted octanol–water partition coefficient (Wildman–Crippen LogP) is 1.70. The topological polar surface area (TPSA) is 55.9 Å². The van der Waals surface area contributed by atoms with Crippen molar-refractivity contribution in [3.63, 3.8) is 0 Å². The van der Waals surface area contributed by atoms with Crippen LogP contribution in [-0.2, 0) is 22.4 Å². The summed E-state index contributed by atoms with van der Waals surface area (Å²) >= 11 is 0. The molecule has 1 saturated heterocycles. The molecule has 0 unspecified atom stereocenters. The summed E-state index contributed by atoms with van der Waals surface area (Å²) in [6, 6.07) is 6.04. The summed E-state index contributed by atoms with van der Waals surface area (Å²) in [5.74, 6) is -0.164. The molecule has 2 atom stereocenters. The van der Waals surface area contributed by atoms with Gasteiger partial charge in [-0.3, -0.25) is 9.59 Å².